The van der Waals surface area contributed by atoms with Gasteiger partial charge in [0.15, 0.2) is 0 Å². The van der Waals surface area contributed by atoms with E-state index in [4.69, 9.17) is 4.74 Å². The van der Waals surface area contributed by atoms with E-state index in [1.807, 2.05) is 18.2 Å². The first-order valence-electron chi connectivity index (χ1n) is 8.89. The topological polar surface area (TPSA) is 41.6 Å². The van der Waals surface area contributed by atoms with Gasteiger partial charge in [-0.15, -0.1) is 12.4 Å². The molecule has 2 unspecified atom stereocenters. The first-order chi connectivity index (χ1) is 11.2. The number of halogens is 1. The third-order valence-electron chi connectivity index (χ3n) is 6.12. The Morgan fingerprint density at radius 3 is 2.79 bits per heavy atom. The maximum absolute atomic E-state index is 13.1. The molecule has 3 fully saturated rings. The highest BCUT2D eigenvalue weighted by Crippen LogP contribution is 2.60. The summed E-state index contributed by atoms with van der Waals surface area (Å²) in [6.07, 6.45) is 5.57. The molecule has 2 atom stereocenters. The molecule has 1 amide bonds. The molecule has 1 spiro atoms. The van der Waals surface area contributed by atoms with Crippen molar-refractivity contribution in [1.82, 2.24) is 10.2 Å². The average Bonchev–Trinajstić information content (AvgIpc) is 3.07. The Labute approximate surface area is 150 Å². The van der Waals surface area contributed by atoms with Crippen molar-refractivity contribution in [2.45, 2.75) is 38.1 Å². The third kappa shape index (κ3) is 2.91. The summed E-state index contributed by atoms with van der Waals surface area (Å²) in [5.74, 6) is 1.56. The van der Waals surface area contributed by atoms with Crippen molar-refractivity contribution in [3.8, 4) is 5.75 Å². The zero-order valence-electron chi connectivity index (χ0n) is 14.3. The third-order valence-corrected chi connectivity index (χ3v) is 6.12. The summed E-state index contributed by atoms with van der Waals surface area (Å²) in [5, 5.41) is 3.42. The highest BCUT2D eigenvalue weighted by molar-refractivity contribution is 5.85. The minimum atomic E-state index is 0. The number of hydrogen-bond acceptors (Lipinski definition) is 3. The van der Waals surface area contributed by atoms with Gasteiger partial charge in [-0.25, -0.2) is 0 Å². The summed E-state index contributed by atoms with van der Waals surface area (Å²) >= 11 is 0. The Morgan fingerprint density at radius 2 is 2.04 bits per heavy atom. The molecule has 24 heavy (non-hydrogen) atoms. The van der Waals surface area contributed by atoms with Crippen molar-refractivity contribution in [3.05, 3.63) is 29.8 Å². The van der Waals surface area contributed by atoms with E-state index >= 15 is 0 Å². The van der Waals surface area contributed by atoms with Gasteiger partial charge < -0.3 is 15.0 Å². The number of rotatable bonds is 3. The van der Waals surface area contributed by atoms with E-state index < -0.39 is 0 Å². The lowest BCUT2D eigenvalue weighted by Gasteiger charge is -2.29. The Balaban J connectivity index is 0.00000169. The van der Waals surface area contributed by atoms with Gasteiger partial charge in [0.25, 0.3) is 0 Å². The molecule has 2 aliphatic heterocycles. The fourth-order valence-corrected chi connectivity index (χ4v) is 4.67. The molecule has 132 valence electrons. The number of likely N-dealkylation sites (tertiary alicyclic amines) is 1. The van der Waals surface area contributed by atoms with Crippen LogP contribution in [-0.4, -0.2) is 37.6 Å². The maximum Gasteiger partial charge on any atom is 0.226 e. The summed E-state index contributed by atoms with van der Waals surface area (Å²) in [5.41, 5.74) is 1.48. The zero-order chi connectivity index (χ0) is 15.9. The van der Waals surface area contributed by atoms with Crippen LogP contribution in [0.2, 0.25) is 0 Å². The van der Waals surface area contributed by atoms with Crippen molar-refractivity contribution >= 4 is 18.3 Å². The molecule has 1 N–H and O–H groups in total. The Morgan fingerprint density at radius 1 is 1.29 bits per heavy atom. The van der Waals surface area contributed by atoms with Gasteiger partial charge in [-0.1, -0.05) is 18.2 Å². The minimum absolute atomic E-state index is 0. The SMILES string of the molecule is COc1ccccc1C1CCCN1C(=O)C1CC12CCNCC2.Cl. The molecule has 1 saturated carbocycles. The van der Waals surface area contributed by atoms with Crippen LogP contribution in [0.3, 0.4) is 0 Å². The molecule has 1 aromatic carbocycles. The largest absolute Gasteiger partial charge is 0.496 e. The predicted octanol–water partition coefficient (Wildman–Crippen LogP) is 3.17. The van der Waals surface area contributed by atoms with Crippen LogP contribution in [0.25, 0.3) is 0 Å². The highest BCUT2D eigenvalue weighted by atomic mass is 35.5. The standard InChI is InChI=1S/C19H26N2O2.ClH/c1-23-17-7-3-2-5-14(17)16-6-4-12-21(16)18(22)15-13-19(15)8-10-20-11-9-19;/h2-3,5,7,15-16,20H,4,6,8-13H2,1H3;1H. The molecule has 0 aromatic heterocycles. The van der Waals surface area contributed by atoms with E-state index in [1.165, 1.54) is 5.56 Å². The van der Waals surface area contributed by atoms with Gasteiger partial charge in [0.05, 0.1) is 13.2 Å². The van der Waals surface area contributed by atoms with Crippen LogP contribution in [0.1, 0.15) is 43.7 Å². The molecule has 0 bridgehead atoms. The van der Waals surface area contributed by atoms with Gasteiger partial charge >= 0.3 is 0 Å². The van der Waals surface area contributed by atoms with Gasteiger partial charge in [-0.2, -0.15) is 0 Å². The number of nitrogens with zero attached hydrogens (tertiary/aromatic N) is 1. The highest BCUT2D eigenvalue weighted by Gasteiger charge is 2.59. The van der Waals surface area contributed by atoms with Gasteiger partial charge in [0.1, 0.15) is 5.75 Å². The summed E-state index contributed by atoms with van der Waals surface area (Å²) in [6, 6.07) is 8.35. The second-order valence-corrected chi connectivity index (χ2v) is 7.30. The van der Waals surface area contributed by atoms with Crippen molar-refractivity contribution in [1.29, 1.82) is 0 Å². The van der Waals surface area contributed by atoms with Crippen molar-refractivity contribution in [2.24, 2.45) is 11.3 Å². The predicted molar refractivity (Wildman–Crippen MR) is 96.6 cm³/mol. The zero-order valence-corrected chi connectivity index (χ0v) is 15.1. The summed E-state index contributed by atoms with van der Waals surface area (Å²) in [4.78, 5) is 15.3. The minimum Gasteiger partial charge on any atom is -0.496 e. The fraction of sp³-hybridized carbons (Fsp3) is 0.632. The van der Waals surface area contributed by atoms with Crippen LogP contribution in [0.4, 0.5) is 0 Å². The number of methoxy groups -OCH3 is 1. The van der Waals surface area contributed by atoms with Crippen molar-refractivity contribution in [3.63, 3.8) is 0 Å². The number of carbonyl (C=O) groups is 1. The molecular weight excluding hydrogens is 324 g/mol. The number of benzene rings is 1. The van der Waals surface area contributed by atoms with E-state index in [0.717, 1.165) is 57.5 Å². The summed E-state index contributed by atoms with van der Waals surface area (Å²) < 4.78 is 5.53. The second kappa shape index (κ2) is 6.93. The molecule has 3 aliphatic rings. The number of carbonyl (C=O) groups excluding carboxylic acids is 1. The lowest BCUT2D eigenvalue weighted by atomic mass is 9.91. The smallest absolute Gasteiger partial charge is 0.226 e. The molecular formula is C19H27ClN2O2. The molecule has 1 aromatic rings. The van der Waals surface area contributed by atoms with Crippen LogP contribution < -0.4 is 10.1 Å². The van der Waals surface area contributed by atoms with Gasteiger partial charge in [-0.3, -0.25) is 4.79 Å². The molecule has 5 heteroatoms. The van der Waals surface area contributed by atoms with Crippen LogP contribution in [0.5, 0.6) is 5.75 Å². The maximum atomic E-state index is 13.1. The molecule has 1 aliphatic carbocycles. The average molecular weight is 351 g/mol. The Kier molecular flexibility index (Phi) is 5.07. The van der Waals surface area contributed by atoms with Crippen LogP contribution in [0, 0.1) is 11.3 Å². The van der Waals surface area contributed by atoms with Crippen LogP contribution in [-0.2, 0) is 4.79 Å². The Bertz CT molecular complexity index is 601. The number of amides is 1. The van der Waals surface area contributed by atoms with E-state index in [9.17, 15) is 4.79 Å². The summed E-state index contributed by atoms with van der Waals surface area (Å²) in [6.45, 7) is 3.03. The van der Waals surface area contributed by atoms with E-state index in [1.54, 1.807) is 7.11 Å². The van der Waals surface area contributed by atoms with E-state index in [-0.39, 0.29) is 24.4 Å². The monoisotopic (exact) mass is 350 g/mol. The van der Waals surface area contributed by atoms with E-state index in [0.29, 0.717) is 11.3 Å². The normalized spacial score (nSPS) is 27.6. The second-order valence-electron chi connectivity index (χ2n) is 7.30. The number of hydrogen-bond donors (Lipinski definition) is 1. The molecule has 2 saturated heterocycles. The number of para-hydroxylation sites is 1. The van der Waals surface area contributed by atoms with Crippen LogP contribution >= 0.6 is 12.4 Å². The van der Waals surface area contributed by atoms with E-state index in [2.05, 4.69) is 16.3 Å². The van der Waals surface area contributed by atoms with Gasteiger partial charge in [-0.05, 0) is 56.7 Å². The van der Waals surface area contributed by atoms with Crippen LogP contribution in [0.15, 0.2) is 24.3 Å². The number of nitrogens with one attached hydrogen (secondary N) is 1. The number of piperidine rings is 1. The lowest BCUT2D eigenvalue weighted by molar-refractivity contribution is -0.134. The quantitative estimate of drug-likeness (QED) is 0.910. The van der Waals surface area contributed by atoms with Crippen molar-refractivity contribution in [2.75, 3.05) is 26.7 Å². The fourth-order valence-electron chi connectivity index (χ4n) is 4.67. The summed E-state index contributed by atoms with van der Waals surface area (Å²) in [7, 11) is 1.71. The number of ether oxygens (including phenoxy) is 1. The first-order valence-corrected chi connectivity index (χ1v) is 8.89. The first kappa shape index (κ1) is 17.6. The van der Waals surface area contributed by atoms with Gasteiger partial charge in [0, 0.05) is 18.0 Å². The van der Waals surface area contributed by atoms with Gasteiger partial charge in [0.2, 0.25) is 5.91 Å². The molecule has 2 heterocycles. The lowest BCUT2D eigenvalue weighted by Crippen LogP contribution is -2.36. The molecule has 4 nitrogen and oxygen atoms in total. The molecule has 0 radical (unpaired) electrons. The Hall–Kier alpha value is -1.26. The molecule has 4 rings (SSSR count). The van der Waals surface area contributed by atoms with Crippen molar-refractivity contribution < 1.29 is 9.53 Å².